The van der Waals surface area contributed by atoms with Gasteiger partial charge in [-0.3, -0.25) is 9.59 Å². The number of rotatable bonds is 5. The van der Waals surface area contributed by atoms with E-state index in [-0.39, 0.29) is 23.8 Å². The molecule has 2 N–H and O–H groups in total. The molecule has 0 radical (unpaired) electrons. The van der Waals surface area contributed by atoms with Crippen LogP contribution in [-0.4, -0.2) is 40.5 Å². The van der Waals surface area contributed by atoms with Gasteiger partial charge in [0.25, 0.3) is 5.91 Å². The topological polar surface area (TPSA) is 69.6 Å². The van der Waals surface area contributed by atoms with Crippen LogP contribution in [0.1, 0.15) is 49.4 Å². The third kappa shape index (κ3) is 3.91. The largest absolute Gasteiger partial charge is 0.393 e. The lowest BCUT2D eigenvalue weighted by molar-refractivity contribution is -0.117. The molecule has 2 unspecified atom stereocenters. The number of carbonyl (C=O) groups excluding carboxylic acids is 2. The van der Waals surface area contributed by atoms with Crippen LogP contribution in [0.5, 0.6) is 0 Å². The summed E-state index contributed by atoms with van der Waals surface area (Å²) in [5.41, 5.74) is 1.37. The van der Waals surface area contributed by atoms with Gasteiger partial charge in [0.15, 0.2) is 0 Å². The maximum atomic E-state index is 12.6. The number of nitrogens with zero attached hydrogens (tertiary/aromatic N) is 1. The Morgan fingerprint density at radius 3 is 2.57 bits per heavy atom. The van der Waals surface area contributed by atoms with E-state index in [1.54, 1.807) is 31.2 Å². The number of carbonyl (C=O) groups is 2. The van der Waals surface area contributed by atoms with Crippen molar-refractivity contribution in [2.24, 2.45) is 5.92 Å². The molecule has 23 heavy (non-hydrogen) atoms. The number of amides is 2. The first-order chi connectivity index (χ1) is 11.0. The van der Waals surface area contributed by atoms with Crippen molar-refractivity contribution in [1.82, 2.24) is 4.90 Å². The highest BCUT2D eigenvalue weighted by Gasteiger charge is 2.31. The molecular formula is C18H24N2O3. The summed E-state index contributed by atoms with van der Waals surface area (Å²) in [4.78, 5) is 26.3. The average Bonchev–Trinajstić information content (AvgIpc) is 3.28. The highest BCUT2D eigenvalue weighted by molar-refractivity contribution is 5.97. The van der Waals surface area contributed by atoms with Gasteiger partial charge < -0.3 is 15.3 Å². The highest BCUT2D eigenvalue weighted by atomic mass is 16.3. The molecule has 2 atom stereocenters. The van der Waals surface area contributed by atoms with E-state index in [0.717, 1.165) is 37.9 Å². The Bertz CT molecular complexity index is 578. The zero-order valence-electron chi connectivity index (χ0n) is 13.5. The fourth-order valence-corrected chi connectivity index (χ4v) is 3.19. The van der Waals surface area contributed by atoms with Crippen LogP contribution in [0.3, 0.4) is 0 Å². The second kappa shape index (κ2) is 6.71. The van der Waals surface area contributed by atoms with Gasteiger partial charge in [0.05, 0.1) is 6.10 Å². The summed E-state index contributed by atoms with van der Waals surface area (Å²) in [6.07, 6.45) is 4.12. The van der Waals surface area contributed by atoms with E-state index in [9.17, 15) is 14.7 Å². The summed E-state index contributed by atoms with van der Waals surface area (Å²) in [6, 6.07) is 7.22. The van der Waals surface area contributed by atoms with Crippen LogP contribution >= 0.6 is 0 Å². The molecule has 5 nitrogen and oxygen atoms in total. The van der Waals surface area contributed by atoms with Gasteiger partial charge in [-0.15, -0.1) is 0 Å². The van der Waals surface area contributed by atoms with Crippen molar-refractivity contribution in [2.75, 3.05) is 11.9 Å². The molecule has 1 saturated carbocycles. The van der Waals surface area contributed by atoms with Crippen LogP contribution in [0.4, 0.5) is 5.69 Å². The Balaban J connectivity index is 1.63. The first-order valence-electron chi connectivity index (χ1n) is 8.44. The van der Waals surface area contributed by atoms with Crippen molar-refractivity contribution in [3.63, 3.8) is 0 Å². The molecular weight excluding hydrogens is 292 g/mol. The van der Waals surface area contributed by atoms with E-state index in [1.807, 2.05) is 4.90 Å². The van der Waals surface area contributed by atoms with Gasteiger partial charge in [-0.05, 0) is 63.3 Å². The minimum Gasteiger partial charge on any atom is -0.393 e. The Morgan fingerprint density at radius 2 is 1.96 bits per heavy atom. The SMILES string of the molecule is CC(O)CC1CCCN1C(=O)c1ccc(NC(=O)C2CC2)cc1. The minimum absolute atomic E-state index is 0.00761. The quantitative estimate of drug-likeness (QED) is 0.876. The summed E-state index contributed by atoms with van der Waals surface area (Å²) in [5, 5.41) is 12.5. The molecule has 124 valence electrons. The number of benzene rings is 1. The fourth-order valence-electron chi connectivity index (χ4n) is 3.19. The normalized spacial score (nSPS) is 22.0. The standard InChI is InChI=1S/C18H24N2O3/c1-12(21)11-16-3-2-10-20(16)18(23)14-6-8-15(9-7-14)19-17(22)13-4-5-13/h6-9,12-13,16,21H,2-5,10-11H2,1H3,(H,19,22). The van der Waals surface area contributed by atoms with Gasteiger partial charge in [0.2, 0.25) is 5.91 Å². The van der Waals surface area contributed by atoms with Gasteiger partial charge in [-0.1, -0.05) is 0 Å². The van der Waals surface area contributed by atoms with Crippen molar-refractivity contribution >= 4 is 17.5 Å². The minimum atomic E-state index is -0.395. The van der Waals surface area contributed by atoms with Crippen LogP contribution in [0.25, 0.3) is 0 Å². The van der Waals surface area contributed by atoms with Crippen LogP contribution in [-0.2, 0) is 4.79 Å². The summed E-state index contributed by atoms with van der Waals surface area (Å²) >= 11 is 0. The molecule has 2 aliphatic rings. The number of anilines is 1. The monoisotopic (exact) mass is 316 g/mol. The van der Waals surface area contributed by atoms with E-state index in [2.05, 4.69) is 5.32 Å². The number of likely N-dealkylation sites (tertiary alicyclic amines) is 1. The van der Waals surface area contributed by atoms with Crippen molar-refractivity contribution in [2.45, 2.75) is 51.2 Å². The molecule has 1 heterocycles. The predicted octanol–water partition coefficient (Wildman–Crippen LogP) is 2.41. The number of hydrogen-bond acceptors (Lipinski definition) is 3. The second-order valence-corrected chi connectivity index (χ2v) is 6.72. The molecule has 1 aliphatic heterocycles. The molecule has 0 spiro atoms. The molecule has 1 aliphatic carbocycles. The van der Waals surface area contributed by atoms with Crippen LogP contribution in [0.2, 0.25) is 0 Å². The summed E-state index contributed by atoms with van der Waals surface area (Å²) < 4.78 is 0. The zero-order chi connectivity index (χ0) is 16.4. The first kappa shape index (κ1) is 16.0. The second-order valence-electron chi connectivity index (χ2n) is 6.72. The maximum Gasteiger partial charge on any atom is 0.254 e. The van der Waals surface area contributed by atoms with Crippen molar-refractivity contribution in [1.29, 1.82) is 0 Å². The molecule has 1 aromatic rings. The van der Waals surface area contributed by atoms with E-state index in [0.29, 0.717) is 12.0 Å². The first-order valence-corrected chi connectivity index (χ1v) is 8.44. The van der Waals surface area contributed by atoms with Crippen LogP contribution in [0.15, 0.2) is 24.3 Å². The van der Waals surface area contributed by atoms with Gasteiger partial charge in [-0.2, -0.15) is 0 Å². The maximum absolute atomic E-state index is 12.6. The third-order valence-electron chi connectivity index (χ3n) is 4.60. The van der Waals surface area contributed by atoms with Gasteiger partial charge in [-0.25, -0.2) is 0 Å². The van der Waals surface area contributed by atoms with E-state index < -0.39 is 6.10 Å². The summed E-state index contributed by atoms with van der Waals surface area (Å²) in [7, 11) is 0. The van der Waals surface area contributed by atoms with Crippen molar-refractivity contribution < 1.29 is 14.7 Å². The predicted molar refractivity (Wildman–Crippen MR) is 88.2 cm³/mol. The summed E-state index contributed by atoms with van der Waals surface area (Å²) in [5.74, 6) is 0.246. The molecule has 3 rings (SSSR count). The van der Waals surface area contributed by atoms with Crippen LogP contribution in [0, 0.1) is 5.92 Å². The van der Waals surface area contributed by atoms with Gasteiger partial charge in [0, 0.05) is 29.8 Å². The molecule has 1 saturated heterocycles. The third-order valence-corrected chi connectivity index (χ3v) is 4.60. The lowest BCUT2D eigenvalue weighted by Crippen LogP contribution is -2.37. The number of nitrogens with one attached hydrogen (secondary N) is 1. The Morgan fingerprint density at radius 1 is 1.26 bits per heavy atom. The number of aliphatic hydroxyl groups is 1. The average molecular weight is 316 g/mol. The van der Waals surface area contributed by atoms with E-state index in [4.69, 9.17) is 0 Å². The number of hydrogen-bond donors (Lipinski definition) is 2. The fraction of sp³-hybridized carbons (Fsp3) is 0.556. The van der Waals surface area contributed by atoms with Crippen LogP contribution < -0.4 is 5.32 Å². The Kier molecular flexibility index (Phi) is 4.66. The lowest BCUT2D eigenvalue weighted by atomic mass is 10.1. The molecule has 2 amide bonds. The summed E-state index contributed by atoms with van der Waals surface area (Å²) in [6.45, 7) is 2.51. The number of aliphatic hydroxyl groups excluding tert-OH is 1. The van der Waals surface area contributed by atoms with Crippen molar-refractivity contribution in [3.05, 3.63) is 29.8 Å². The van der Waals surface area contributed by atoms with Gasteiger partial charge in [0.1, 0.15) is 0 Å². The van der Waals surface area contributed by atoms with Gasteiger partial charge >= 0.3 is 0 Å². The molecule has 2 fully saturated rings. The lowest BCUT2D eigenvalue weighted by Gasteiger charge is -2.25. The Hall–Kier alpha value is -1.88. The van der Waals surface area contributed by atoms with Crippen molar-refractivity contribution in [3.8, 4) is 0 Å². The Labute approximate surface area is 136 Å². The van der Waals surface area contributed by atoms with E-state index in [1.165, 1.54) is 0 Å². The molecule has 1 aromatic carbocycles. The highest BCUT2D eigenvalue weighted by Crippen LogP contribution is 2.30. The zero-order valence-corrected chi connectivity index (χ0v) is 13.5. The molecule has 5 heteroatoms. The smallest absolute Gasteiger partial charge is 0.254 e. The van der Waals surface area contributed by atoms with E-state index >= 15 is 0 Å². The molecule has 0 aromatic heterocycles. The molecule has 0 bridgehead atoms.